The highest BCUT2D eigenvalue weighted by Crippen LogP contribution is 2.36. The van der Waals surface area contributed by atoms with E-state index in [-0.39, 0.29) is 6.42 Å². The van der Waals surface area contributed by atoms with Crippen LogP contribution in [0.2, 0.25) is 0 Å². The molecule has 0 saturated carbocycles. The number of benzene rings is 1. The molecule has 0 aliphatic heterocycles. The summed E-state index contributed by atoms with van der Waals surface area (Å²) in [6.07, 6.45) is 0.661. The van der Waals surface area contributed by atoms with Crippen molar-refractivity contribution in [2.75, 3.05) is 19.0 Å². The summed E-state index contributed by atoms with van der Waals surface area (Å²) in [7, 11) is 3.62. The SMILES string of the molecule is CCc1c(C#N)c(Sc2ccccc2CC(N)=O)nc(N(C)C)c1C#N. The highest BCUT2D eigenvalue weighted by molar-refractivity contribution is 7.99. The van der Waals surface area contributed by atoms with E-state index in [1.54, 1.807) is 4.90 Å². The van der Waals surface area contributed by atoms with Crippen molar-refractivity contribution in [2.24, 2.45) is 5.73 Å². The van der Waals surface area contributed by atoms with E-state index in [0.29, 0.717) is 34.0 Å². The van der Waals surface area contributed by atoms with Gasteiger partial charge in [-0.15, -0.1) is 0 Å². The van der Waals surface area contributed by atoms with Crippen LogP contribution in [0.4, 0.5) is 5.82 Å². The lowest BCUT2D eigenvalue weighted by molar-refractivity contribution is -0.117. The van der Waals surface area contributed by atoms with Crippen LogP contribution in [0.5, 0.6) is 0 Å². The fraction of sp³-hybridized carbons (Fsp3) is 0.263. The van der Waals surface area contributed by atoms with Crippen molar-refractivity contribution in [1.82, 2.24) is 4.98 Å². The summed E-state index contributed by atoms with van der Waals surface area (Å²) >= 11 is 1.31. The Morgan fingerprint density at radius 3 is 2.42 bits per heavy atom. The molecule has 0 spiro atoms. The van der Waals surface area contributed by atoms with Crippen molar-refractivity contribution in [3.63, 3.8) is 0 Å². The number of rotatable bonds is 6. The molecule has 1 heterocycles. The molecule has 1 aromatic heterocycles. The summed E-state index contributed by atoms with van der Waals surface area (Å²) in [5.74, 6) is 0.104. The van der Waals surface area contributed by atoms with Gasteiger partial charge < -0.3 is 10.6 Å². The van der Waals surface area contributed by atoms with Crippen LogP contribution in [0.25, 0.3) is 0 Å². The Hall–Kier alpha value is -3.03. The molecular formula is C19H19N5OS. The standard InChI is InChI=1S/C19H19N5OS/c1-4-13-14(10-20)18(24(2)3)23-19(15(13)11-21)26-16-8-6-5-7-12(16)9-17(22)25/h5-8H,4,9H2,1-3H3,(H2,22,25). The maximum atomic E-state index is 11.3. The number of carbonyl (C=O) groups is 1. The largest absolute Gasteiger partial charge is 0.369 e. The zero-order valence-corrected chi connectivity index (χ0v) is 15.7. The second-order valence-electron chi connectivity index (χ2n) is 5.79. The van der Waals surface area contributed by atoms with Crippen molar-refractivity contribution < 1.29 is 4.79 Å². The third kappa shape index (κ3) is 3.96. The van der Waals surface area contributed by atoms with Crippen molar-refractivity contribution >= 4 is 23.5 Å². The van der Waals surface area contributed by atoms with Gasteiger partial charge in [-0.25, -0.2) is 4.98 Å². The molecule has 0 saturated heterocycles. The fourth-order valence-electron chi connectivity index (χ4n) is 2.62. The van der Waals surface area contributed by atoms with Crippen molar-refractivity contribution in [3.8, 4) is 12.1 Å². The molecule has 0 bridgehead atoms. The van der Waals surface area contributed by atoms with Gasteiger partial charge in [0.2, 0.25) is 5.91 Å². The van der Waals surface area contributed by atoms with Gasteiger partial charge in [-0.05, 0) is 23.6 Å². The summed E-state index contributed by atoms with van der Waals surface area (Å²) < 4.78 is 0. The number of primary amides is 1. The molecule has 2 N–H and O–H groups in total. The number of hydrogen-bond acceptors (Lipinski definition) is 6. The second kappa shape index (κ2) is 8.37. The Balaban J connectivity index is 2.65. The molecule has 6 nitrogen and oxygen atoms in total. The first-order valence-electron chi connectivity index (χ1n) is 8.01. The van der Waals surface area contributed by atoms with E-state index < -0.39 is 5.91 Å². The van der Waals surface area contributed by atoms with Gasteiger partial charge in [0.15, 0.2) is 0 Å². The number of nitriles is 2. The molecule has 26 heavy (non-hydrogen) atoms. The topological polar surface area (TPSA) is 107 Å². The molecule has 2 aromatic rings. The number of nitrogens with zero attached hydrogens (tertiary/aromatic N) is 4. The molecule has 2 rings (SSSR count). The van der Waals surface area contributed by atoms with Gasteiger partial charge in [0.1, 0.15) is 23.0 Å². The molecule has 0 fully saturated rings. The van der Waals surface area contributed by atoms with Gasteiger partial charge in [0, 0.05) is 19.0 Å². The first-order valence-corrected chi connectivity index (χ1v) is 8.83. The molecule has 0 unspecified atom stereocenters. The Bertz CT molecular complexity index is 925. The van der Waals surface area contributed by atoms with Gasteiger partial charge in [-0.1, -0.05) is 36.9 Å². The summed E-state index contributed by atoms with van der Waals surface area (Å²) in [5, 5.41) is 19.7. The maximum Gasteiger partial charge on any atom is 0.221 e. The van der Waals surface area contributed by atoms with Crippen molar-refractivity contribution in [3.05, 3.63) is 46.5 Å². The quantitative estimate of drug-likeness (QED) is 0.843. The minimum atomic E-state index is -0.422. The maximum absolute atomic E-state index is 11.3. The van der Waals surface area contributed by atoms with Crippen molar-refractivity contribution in [1.29, 1.82) is 10.5 Å². The average molecular weight is 365 g/mol. The fourth-order valence-corrected chi connectivity index (χ4v) is 3.65. The van der Waals surface area contributed by atoms with Crippen LogP contribution in [0.15, 0.2) is 34.2 Å². The third-order valence-electron chi connectivity index (χ3n) is 3.79. The Morgan fingerprint density at radius 2 is 1.88 bits per heavy atom. The van der Waals surface area contributed by atoms with Crippen LogP contribution in [-0.4, -0.2) is 25.0 Å². The lowest BCUT2D eigenvalue weighted by Gasteiger charge is -2.19. The average Bonchev–Trinajstić information content (AvgIpc) is 2.61. The van der Waals surface area contributed by atoms with E-state index in [1.807, 2.05) is 45.3 Å². The lowest BCUT2D eigenvalue weighted by atomic mass is 10.0. The number of hydrogen-bond donors (Lipinski definition) is 1. The van der Waals surface area contributed by atoms with Gasteiger partial charge in [-0.3, -0.25) is 4.79 Å². The van der Waals surface area contributed by atoms with E-state index in [4.69, 9.17) is 5.73 Å². The Morgan fingerprint density at radius 1 is 1.23 bits per heavy atom. The van der Waals surface area contributed by atoms with Gasteiger partial charge in [0.25, 0.3) is 0 Å². The van der Waals surface area contributed by atoms with Gasteiger partial charge >= 0.3 is 0 Å². The summed E-state index contributed by atoms with van der Waals surface area (Å²) in [6, 6.07) is 11.8. The molecule has 0 aliphatic rings. The first-order chi connectivity index (χ1) is 12.4. The third-order valence-corrected chi connectivity index (χ3v) is 4.90. The molecular weight excluding hydrogens is 346 g/mol. The summed E-state index contributed by atoms with van der Waals surface area (Å²) in [5.41, 5.74) is 7.61. The number of nitrogens with two attached hydrogens (primary N) is 1. The lowest BCUT2D eigenvalue weighted by Crippen LogP contribution is -2.16. The highest BCUT2D eigenvalue weighted by Gasteiger charge is 2.21. The molecule has 0 radical (unpaired) electrons. The monoisotopic (exact) mass is 365 g/mol. The van der Waals surface area contributed by atoms with Crippen LogP contribution in [0, 0.1) is 22.7 Å². The van der Waals surface area contributed by atoms with Crippen LogP contribution in [-0.2, 0) is 17.6 Å². The van der Waals surface area contributed by atoms with Crippen LogP contribution in [0.3, 0.4) is 0 Å². The normalized spacial score (nSPS) is 10.0. The summed E-state index contributed by atoms with van der Waals surface area (Å²) in [6.45, 7) is 1.91. The van der Waals surface area contributed by atoms with Crippen LogP contribution in [0.1, 0.15) is 29.2 Å². The number of amides is 1. The molecule has 0 aliphatic carbocycles. The Kier molecular flexibility index (Phi) is 6.21. The van der Waals surface area contributed by atoms with Crippen LogP contribution >= 0.6 is 11.8 Å². The molecule has 132 valence electrons. The predicted octanol–water partition coefficient (Wildman–Crippen LogP) is 2.63. The predicted molar refractivity (Wildman–Crippen MR) is 101 cm³/mol. The van der Waals surface area contributed by atoms with Crippen LogP contribution < -0.4 is 10.6 Å². The minimum absolute atomic E-state index is 0.114. The number of aromatic nitrogens is 1. The summed E-state index contributed by atoms with van der Waals surface area (Å²) in [4.78, 5) is 18.5. The van der Waals surface area contributed by atoms with Gasteiger partial charge in [-0.2, -0.15) is 10.5 Å². The second-order valence-corrected chi connectivity index (χ2v) is 6.82. The molecule has 1 aromatic carbocycles. The highest BCUT2D eigenvalue weighted by atomic mass is 32.2. The number of pyridine rings is 1. The molecule has 7 heteroatoms. The zero-order chi connectivity index (χ0) is 19.3. The van der Waals surface area contributed by atoms with E-state index in [2.05, 4.69) is 17.1 Å². The van der Waals surface area contributed by atoms with Gasteiger partial charge in [0.05, 0.1) is 17.5 Å². The van der Waals surface area contributed by atoms with E-state index in [1.165, 1.54) is 11.8 Å². The zero-order valence-electron chi connectivity index (χ0n) is 14.9. The number of carbonyl (C=O) groups excluding carboxylic acids is 1. The first kappa shape index (κ1) is 19.3. The molecule has 1 amide bonds. The Labute approximate surface area is 157 Å². The number of anilines is 1. The van der Waals surface area contributed by atoms with Crippen molar-refractivity contribution in [2.45, 2.75) is 29.7 Å². The van der Waals surface area contributed by atoms with E-state index >= 15 is 0 Å². The smallest absolute Gasteiger partial charge is 0.221 e. The van der Waals surface area contributed by atoms with E-state index in [9.17, 15) is 15.3 Å². The minimum Gasteiger partial charge on any atom is -0.369 e. The molecule has 0 atom stereocenters. The van der Waals surface area contributed by atoms with E-state index in [0.717, 1.165) is 10.5 Å².